The summed E-state index contributed by atoms with van der Waals surface area (Å²) in [5, 5.41) is 3.80. The number of allylic oxidation sites excluding steroid dienone is 2. The number of hydrazone groups is 1. The molecule has 2 aromatic rings. The van der Waals surface area contributed by atoms with E-state index in [1.54, 1.807) is 24.3 Å². The average molecular weight is 415 g/mol. The minimum absolute atomic E-state index is 0.0126. The number of thiocarbonyl (C=S) groups is 1. The molecule has 0 radical (unpaired) electrons. The van der Waals surface area contributed by atoms with Gasteiger partial charge in [-0.25, -0.2) is 4.98 Å². The van der Waals surface area contributed by atoms with E-state index in [0.29, 0.717) is 16.8 Å². The van der Waals surface area contributed by atoms with Crippen molar-refractivity contribution in [1.82, 2.24) is 10.4 Å². The van der Waals surface area contributed by atoms with Crippen molar-refractivity contribution in [2.75, 3.05) is 0 Å². The van der Waals surface area contributed by atoms with Crippen molar-refractivity contribution in [3.8, 4) is 0 Å². The van der Waals surface area contributed by atoms with Crippen molar-refractivity contribution in [3.63, 3.8) is 0 Å². The zero-order valence-corrected chi connectivity index (χ0v) is 15.1. The molecule has 1 aromatic carbocycles. The molecule has 1 aliphatic carbocycles. The predicted molar refractivity (Wildman–Crippen MR) is 103 cm³/mol. The number of nitrogens with one attached hydrogen (secondary N) is 1. The Labute approximate surface area is 157 Å². The zero-order chi connectivity index (χ0) is 18.0. The van der Waals surface area contributed by atoms with Gasteiger partial charge in [-0.05, 0) is 45.8 Å². The van der Waals surface area contributed by atoms with Gasteiger partial charge in [0.25, 0.3) is 0 Å². The minimum atomic E-state index is -0.356. The van der Waals surface area contributed by atoms with E-state index in [0.717, 1.165) is 0 Å². The first-order chi connectivity index (χ1) is 12.0. The summed E-state index contributed by atoms with van der Waals surface area (Å²) in [5.74, 6) is -0.615. The van der Waals surface area contributed by atoms with Gasteiger partial charge in [0.05, 0.1) is 22.0 Å². The largest absolute Gasteiger partial charge is 0.375 e. The SMILES string of the molecule is NC(=S)N/N=C/c1ccc2c(n1)C(=O)C(Br)=C(c1ccccc1)C2=O. The van der Waals surface area contributed by atoms with Crippen LogP contribution in [0.1, 0.15) is 32.1 Å². The van der Waals surface area contributed by atoms with Crippen LogP contribution in [0.15, 0.2) is 52.0 Å². The maximum absolute atomic E-state index is 12.8. The van der Waals surface area contributed by atoms with Crippen molar-refractivity contribution in [3.05, 3.63) is 69.5 Å². The van der Waals surface area contributed by atoms with Crippen LogP contribution in [0.4, 0.5) is 0 Å². The van der Waals surface area contributed by atoms with Crippen LogP contribution in [-0.2, 0) is 0 Å². The fourth-order valence-corrected chi connectivity index (χ4v) is 3.03. The number of ketones is 2. The van der Waals surface area contributed by atoms with Crippen molar-refractivity contribution in [1.29, 1.82) is 0 Å². The number of hydrogen-bond donors (Lipinski definition) is 2. The van der Waals surface area contributed by atoms with E-state index >= 15 is 0 Å². The van der Waals surface area contributed by atoms with E-state index in [1.165, 1.54) is 6.21 Å². The number of carbonyl (C=O) groups excluding carboxylic acids is 2. The van der Waals surface area contributed by atoms with Gasteiger partial charge < -0.3 is 5.73 Å². The van der Waals surface area contributed by atoms with Crippen LogP contribution in [-0.4, -0.2) is 27.9 Å². The lowest BCUT2D eigenvalue weighted by Crippen LogP contribution is -2.24. The quantitative estimate of drug-likeness (QED) is 0.454. The normalized spacial score (nSPS) is 14.0. The number of rotatable bonds is 3. The van der Waals surface area contributed by atoms with Gasteiger partial charge in [-0.2, -0.15) is 5.10 Å². The molecule has 0 saturated carbocycles. The number of hydrogen-bond acceptors (Lipinski definition) is 5. The highest BCUT2D eigenvalue weighted by molar-refractivity contribution is 9.12. The van der Waals surface area contributed by atoms with Crippen LogP contribution in [0, 0.1) is 0 Å². The number of fused-ring (bicyclic) bond motifs is 1. The minimum Gasteiger partial charge on any atom is -0.375 e. The number of nitrogens with zero attached hydrogens (tertiary/aromatic N) is 2. The molecule has 6 nitrogen and oxygen atoms in total. The van der Waals surface area contributed by atoms with E-state index in [1.807, 2.05) is 18.2 Å². The molecule has 25 heavy (non-hydrogen) atoms. The van der Waals surface area contributed by atoms with Crippen LogP contribution < -0.4 is 11.2 Å². The lowest BCUT2D eigenvalue weighted by Gasteiger charge is -2.17. The molecule has 0 aliphatic heterocycles. The monoisotopic (exact) mass is 414 g/mol. The van der Waals surface area contributed by atoms with Crippen molar-refractivity contribution in [2.24, 2.45) is 10.8 Å². The molecular formula is C17H11BrN4O2S. The van der Waals surface area contributed by atoms with Crippen LogP contribution in [0.5, 0.6) is 0 Å². The van der Waals surface area contributed by atoms with Crippen molar-refractivity contribution < 1.29 is 9.59 Å². The van der Waals surface area contributed by atoms with Crippen molar-refractivity contribution >= 4 is 56.6 Å². The van der Waals surface area contributed by atoms with Crippen LogP contribution in [0.2, 0.25) is 0 Å². The molecule has 3 rings (SSSR count). The predicted octanol–water partition coefficient (Wildman–Crippen LogP) is 2.43. The zero-order valence-electron chi connectivity index (χ0n) is 12.7. The van der Waals surface area contributed by atoms with Crippen LogP contribution >= 0.6 is 28.1 Å². The Balaban J connectivity index is 2.02. The lowest BCUT2D eigenvalue weighted by molar-refractivity contribution is 0.0995. The van der Waals surface area contributed by atoms with Gasteiger partial charge in [-0.15, -0.1) is 0 Å². The number of carbonyl (C=O) groups is 2. The third-order valence-electron chi connectivity index (χ3n) is 3.46. The molecule has 0 spiro atoms. The molecule has 0 unspecified atom stereocenters. The smallest absolute Gasteiger partial charge is 0.219 e. The van der Waals surface area contributed by atoms with Crippen LogP contribution in [0.3, 0.4) is 0 Å². The maximum Gasteiger partial charge on any atom is 0.219 e. The molecule has 0 amide bonds. The van der Waals surface area contributed by atoms with Crippen LogP contribution in [0.25, 0.3) is 5.57 Å². The lowest BCUT2D eigenvalue weighted by atomic mass is 9.89. The molecule has 0 bridgehead atoms. The first kappa shape index (κ1) is 17.1. The number of Topliss-reactive ketones (excluding diaryl/α,β-unsaturated/α-hetero) is 2. The van der Waals surface area contributed by atoms with Gasteiger partial charge in [-0.1, -0.05) is 30.3 Å². The summed E-state index contributed by atoms with van der Waals surface area (Å²) < 4.78 is 0.194. The second-order valence-corrected chi connectivity index (χ2v) is 6.31. The van der Waals surface area contributed by atoms with Gasteiger partial charge in [0.1, 0.15) is 5.69 Å². The highest BCUT2D eigenvalue weighted by Crippen LogP contribution is 2.34. The summed E-state index contributed by atoms with van der Waals surface area (Å²) in [6, 6.07) is 12.2. The first-order valence-electron chi connectivity index (χ1n) is 7.13. The summed E-state index contributed by atoms with van der Waals surface area (Å²) in [5.41, 5.74) is 9.40. The number of nitrogens with two attached hydrogens (primary N) is 1. The topological polar surface area (TPSA) is 97.4 Å². The average Bonchev–Trinajstić information content (AvgIpc) is 2.60. The number of benzene rings is 1. The molecule has 0 atom stereocenters. The number of pyridine rings is 1. The van der Waals surface area contributed by atoms with Gasteiger partial charge >= 0.3 is 0 Å². The molecule has 1 heterocycles. The second kappa shape index (κ2) is 7.04. The molecule has 8 heteroatoms. The Morgan fingerprint density at radius 2 is 1.88 bits per heavy atom. The fourth-order valence-electron chi connectivity index (χ4n) is 2.38. The van der Waals surface area contributed by atoms with E-state index in [2.05, 4.69) is 43.7 Å². The summed E-state index contributed by atoms with van der Waals surface area (Å²) in [6.07, 6.45) is 1.36. The first-order valence-corrected chi connectivity index (χ1v) is 8.33. The summed E-state index contributed by atoms with van der Waals surface area (Å²) in [7, 11) is 0. The summed E-state index contributed by atoms with van der Waals surface area (Å²) >= 11 is 7.89. The molecule has 1 aliphatic rings. The fraction of sp³-hybridized carbons (Fsp3) is 0. The Kier molecular flexibility index (Phi) is 4.82. The molecule has 124 valence electrons. The molecule has 0 saturated heterocycles. The molecular weight excluding hydrogens is 404 g/mol. The van der Waals surface area contributed by atoms with Gasteiger partial charge in [-0.3, -0.25) is 15.0 Å². The molecule has 0 fully saturated rings. The Bertz CT molecular complexity index is 954. The van der Waals surface area contributed by atoms with Gasteiger partial charge in [0.2, 0.25) is 5.78 Å². The standard InChI is InChI=1S/C17H11BrN4O2S/c18-13-12(9-4-2-1-3-5-9)15(23)11-7-6-10(8-20-22-17(19)25)21-14(11)16(13)24/h1-8H,(H3,19,22,25)/b20-8+. The maximum atomic E-state index is 12.8. The van der Waals surface area contributed by atoms with Gasteiger partial charge in [0, 0.05) is 5.57 Å². The molecule has 1 aromatic heterocycles. The Morgan fingerprint density at radius 1 is 1.16 bits per heavy atom. The van der Waals surface area contributed by atoms with E-state index < -0.39 is 0 Å². The van der Waals surface area contributed by atoms with E-state index in [4.69, 9.17) is 5.73 Å². The third-order valence-corrected chi connectivity index (χ3v) is 4.30. The number of halogens is 1. The van der Waals surface area contributed by atoms with Crippen molar-refractivity contribution in [2.45, 2.75) is 0 Å². The Hall–Kier alpha value is -2.71. The van der Waals surface area contributed by atoms with E-state index in [9.17, 15) is 9.59 Å². The Morgan fingerprint density at radius 3 is 2.56 bits per heavy atom. The third kappa shape index (κ3) is 3.40. The van der Waals surface area contributed by atoms with E-state index in [-0.39, 0.29) is 32.4 Å². The second-order valence-electron chi connectivity index (χ2n) is 5.08. The highest BCUT2D eigenvalue weighted by Gasteiger charge is 2.33. The summed E-state index contributed by atoms with van der Waals surface area (Å²) in [6.45, 7) is 0. The number of aromatic nitrogens is 1. The summed E-state index contributed by atoms with van der Waals surface area (Å²) in [4.78, 5) is 29.7. The molecule has 3 N–H and O–H groups in total. The highest BCUT2D eigenvalue weighted by atomic mass is 79.9. The van der Waals surface area contributed by atoms with Gasteiger partial charge in [0.15, 0.2) is 10.9 Å².